The standard InChI is InChI=1S/C29H38N4O6S/c1-20(30)6-3-2-4-7-24(34)18-21-9-11-22(12-10-21)19-26(29(36)37)32-28(35)27-8-5-17-33(27)40(38,39)25-15-13-23(31)14-16-25/h9-16,26-27,30H,2-8,17-19,31H2,1H3,(H,32,35)(H,36,37)/t26?,27-/m0/s1. The maximum atomic E-state index is 13.1. The molecule has 0 bridgehead atoms. The lowest BCUT2D eigenvalue weighted by Gasteiger charge is -2.25. The number of aliphatic carboxylic acids is 1. The fraction of sp³-hybridized carbons (Fsp3) is 0.448. The number of unbranched alkanes of at least 4 members (excludes halogenated alkanes) is 2. The summed E-state index contributed by atoms with van der Waals surface area (Å²) in [5.41, 5.74) is 8.23. The van der Waals surface area contributed by atoms with Crippen molar-refractivity contribution in [2.45, 2.75) is 81.7 Å². The van der Waals surface area contributed by atoms with E-state index in [0.717, 1.165) is 35.6 Å². The van der Waals surface area contributed by atoms with Crippen LogP contribution in [0.4, 0.5) is 5.69 Å². The Morgan fingerprint density at radius 2 is 1.65 bits per heavy atom. The molecule has 1 amide bonds. The Hall–Kier alpha value is -3.57. The van der Waals surface area contributed by atoms with E-state index in [0.29, 0.717) is 36.2 Å². The Kier molecular flexibility index (Phi) is 11.0. The topological polar surface area (TPSA) is 171 Å². The van der Waals surface area contributed by atoms with Crippen LogP contribution in [0.5, 0.6) is 0 Å². The largest absolute Gasteiger partial charge is 0.480 e. The second-order valence-corrected chi connectivity index (χ2v) is 12.2. The van der Waals surface area contributed by atoms with Crippen LogP contribution in [-0.4, -0.2) is 59.8 Å². The minimum Gasteiger partial charge on any atom is -0.480 e. The Balaban J connectivity index is 1.57. The van der Waals surface area contributed by atoms with E-state index in [1.54, 1.807) is 31.2 Å². The molecule has 2 aromatic rings. The number of carbonyl (C=O) groups excluding carboxylic acids is 2. The minimum absolute atomic E-state index is 0.0131. The van der Waals surface area contributed by atoms with Crippen LogP contribution in [0.2, 0.25) is 0 Å². The lowest BCUT2D eigenvalue weighted by molar-refractivity contribution is -0.142. The number of nitrogens with two attached hydrogens (primary N) is 1. The third kappa shape index (κ3) is 8.72. The summed E-state index contributed by atoms with van der Waals surface area (Å²) in [6.07, 6.45) is 4.94. The second kappa shape index (κ2) is 14.2. The molecule has 216 valence electrons. The number of carboxylic acids is 1. The molecule has 10 nitrogen and oxygen atoms in total. The minimum atomic E-state index is -3.96. The number of anilines is 1. The molecule has 1 unspecified atom stereocenters. The summed E-state index contributed by atoms with van der Waals surface area (Å²) in [6.45, 7) is 1.94. The number of nitrogens with zero attached hydrogens (tertiary/aromatic N) is 1. The van der Waals surface area contributed by atoms with Crippen LogP contribution in [0.25, 0.3) is 0 Å². The van der Waals surface area contributed by atoms with Gasteiger partial charge in [-0.25, -0.2) is 13.2 Å². The summed E-state index contributed by atoms with van der Waals surface area (Å²) >= 11 is 0. The highest BCUT2D eigenvalue weighted by molar-refractivity contribution is 7.89. The molecule has 1 saturated heterocycles. The van der Waals surface area contributed by atoms with Gasteiger partial charge in [-0.2, -0.15) is 4.31 Å². The van der Waals surface area contributed by atoms with Gasteiger partial charge in [0.25, 0.3) is 0 Å². The number of nitrogens with one attached hydrogen (secondary N) is 2. The van der Waals surface area contributed by atoms with Crippen LogP contribution in [0.1, 0.15) is 63.0 Å². The Morgan fingerprint density at radius 3 is 2.27 bits per heavy atom. The zero-order chi connectivity index (χ0) is 29.3. The molecule has 0 radical (unpaired) electrons. The van der Waals surface area contributed by atoms with Crippen molar-refractivity contribution < 1.29 is 27.9 Å². The Morgan fingerprint density at radius 1 is 1.02 bits per heavy atom. The molecule has 1 aliphatic rings. The van der Waals surface area contributed by atoms with Crippen LogP contribution >= 0.6 is 0 Å². The Bertz CT molecular complexity index is 1310. The van der Waals surface area contributed by atoms with Gasteiger partial charge in [0, 0.05) is 37.2 Å². The first-order valence-electron chi connectivity index (χ1n) is 13.5. The molecule has 40 heavy (non-hydrogen) atoms. The number of hydrogen-bond acceptors (Lipinski definition) is 7. The van der Waals surface area contributed by atoms with Gasteiger partial charge in [-0.1, -0.05) is 30.7 Å². The number of benzene rings is 2. The van der Waals surface area contributed by atoms with Crippen molar-refractivity contribution in [1.29, 1.82) is 5.41 Å². The highest BCUT2D eigenvalue weighted by atomic mass is 32.2. The highest BCUT2D eigenvalue weighted by Crippen LogP contribution is 2.27. The van der Waals surface area contributed by atoms with Gasteiger partial charge in [0.15, 0.2) is 0 Å². The van der Waals surface area contributed by atoms with Crippen LogP contribution in [0, 0.1) is 5.41 Å². The van der Waals surface area contributed by atoms with Crippen molar-refractivity contribution in [3.8, 4) is 0 Å². The van der Waals surface area contributed by atoms with Crippen molar-refractivity contribution in [2.75, 3.05) is 12.3 Å². The molecular formula is C29H38N4O6S. The molecule has 1 fully saturated rings. The summed E-state index contributed by atoms with van der Waals surface area (Å²) in [7, 11) is -3.96. The number of amides is 1. The van der Waals surface area contributed by atoms with Gasteiger partial charge >= 0.3 is 5.97 Å². The first-order valence-corrected chi connectivity index (χ1v) is 15.0. The van der Waals surface area contributed by atoms with Crippen molar-refractivity contribution >= 4 is 39.1 Å². The number of Topliss-reactive ketones (excluding diaryl/α,β-unsaturated/α-hetero) is 1. The number of carboxylic acid groups (broad SMARTS) is 1. The van der Waals surface area contributed by atoms with Crippen LogP contribution in [-0.2, 0) is 37.2 Å². The summed E-state index contributed by atoms with van der Waals surface area (Å²) in [6, 6.07) is 10.5. The first kappa shape index (κ1) is 31.0. The van der Waals surface area contributed by atoms with Gasteiger partial charge in [-0.05, 0) is 74.4 Å². The normalized spacial score (nSPS) is 16.4. The van der Waals surface area contributed by atoms with E-state index in [1.165, 1.54) is 24.3 Å². The average Bonchev–Trinajstić information content (AvgIpc) is 3.40. The van der Waals surface area contributed by atoms with Gasteiger partial charge in [0.05, 0.1) is 4.90 Å². The Labute approximate surface area is 235 Å². The second-order valence-electron chi connectivity index (χ2n) is 10.3. The maximum Gasteiger partial charge on any atom is 0.326 e. The van der Waals surface area contributed by atoms with E-state index in [4.69, 9.17) is 11.1 Å². The third-order valence-corrected chi connectivity index (χ3v) is 8.90. The number of ketones is 1. The predicted molar refractivity (Wildman–Crippen MR) is 153 cm³/mol. The molecule has 3 rings (SSSR count). The predicted octanol–water partition coefficient (Wildman–Crippen LogP) is 3.34. The molecule has 1 aliphatic heterocycles. The molecule has 0 saturated carbocycles. The fourth-order valence-corrected chi connectivity index (χ4v) is 6.42. The molecule has 0 spiro atoms. The fourth-order valence-electron chi connectivity index (χ4n) is 4.77. The van der Waals surface area contributed by atoms with Gasteiger partial charge in [0.1, 0.15) is 17.9 Å². The van der Waals surface area contributed by atoms with Crippen molar-refractivity contribution in [2.24, 2.45) is 0 Å². The SMILES string of the molecule is CC(=N)CCCCCC(=O)Cc1ccc(CC(NC(=O)[C@@H]2CCCN2S(=O)(=O)c2ccc(N)cc2)C(=O)O)cc1. The molecule has 11 heteroatoms. The average molecular weight is 571 g/mol. The molecule has 0 aromatic heterocycles. The number of hydrogen-bond donors (Lipinski definition) is 4. The maximum absolute atomic E-state index is 13.1. The molecule has 5 N–H and O–H groups in total. The lowest BCUT2D eigenvalue weighted by Crippen LogP contribution is -2.51. The van der Waals surface area contributed by atoms with E-state index < -0.39 is 34.0 Å². The zero-order valence-corrected chi connectivity index (χ0v) is 23.6. The van der Waals surface area contributed by atoms with Gasteiger partial charge in [0.2, 0.25) is 15.9 Å². The van der Waals surface area contributed by atoms with Crippen LogP contribution < -0.4 is 11.1 Å². The summed E-state index contributed by atoms with van der Waals surface area (Å²) < 4.78 is 27.4. The number of nitrogen functional groups attached to an aromatic ring is 1. The molecule has 2 aromatic carbocycles. The zero-order valence-electron chi connectivity index (χ0n) is 22.8. The summed E-state index contributed by atoms with van der Waals surface area (Å²) in [5.74, 6) is -1.75. The van der Waals surface area contributed by atoms with Gasteiger partial charge in [-0.15, -0.1) is 0 Å². The quantitative estimate of drug-likeness (QED) is 0.144. The van der Waals surface area contributed by atoms with E-state index in [-0.39, 0.29) is 30.1 Å². The molecule has 1 heterocycles. The summed E-state index contributed by atoms with van der Waals surface area (Å²) in [4.78, 5) is 37.4. The number of rotatable bonds is 15. The van der Waals surface area contributed by atoms with E-state index in [2.05, 4.69) is 5.32 Å². The molecule has 2 atom stereocenters. The van der Waals surface area contributed by atoms with Crippen LogP contribution in [0.15, 0.2) is 53.4 Å². The monoisotopic (exact) mass is 570 g/mol. The van der Waals surface area contributed by atoms with E-state index >= 15 is 0 Å². The highest BCUT2D eigenvalue weighted by Gasteiger charge is 2.40. The van der Waals surface area contributed by atoms with Crippen LogP contribution in [0.3, 0.4) is 0 Å². The lowest BCUT2D eigenvalue weighted by atomic mass is 10.00. The van der Waals surface area contributed by atoms with Crippen molar-refractivity contribution in [1.82, 2.24) is 9.62 Å². The number of sulfonamides is 1. The van der Waals surface area contributed by atoms with Gasteiger partial charge in [-0.3, -0.25) is 9.59 Å². The van der Waals surface area contributed by atoms with E-state index in [9.17, 15) is 27.9 Å². The smallest absolute Gasteiger partial charge is 0.326 e. The molecular weight excluding hydrogens is 532 g/mol. The first-order chi connectivity index (χ1) is 19.0. The van der Waals surface area contributed by atoms with E-state index in [1.807, 2.05) is 0 Å². The van der Waals surface area contributed by atoms with Crippen molar-refractivity contribution in [3.05, 3.63) is 59.7 Å². The van der Waals surface area contributed by atoms with Crippen molar-refractivity contribution in [3.63, 3.8) is 0 Å². The number of carbonyl (C=O) groups is 3. The van der Waals surface area contributed by atoms with Gasteiger partial charge < -0.3 is 21.6 Å². The third-order valence-electron chi connectivity index (χ3n) is 6.98. The summed E-state index contributed by atoms with van der Waals surface area (Å²) in [5, 5.41) is 19.7. The molecule has 0 aliphatic carbocycles.